The third-order valence-corrected chi connectivity index (χ3v) is 4.77. The number of methoxy groups -OCH3 is 1. The predicted molar refractivity (Wildman–Crippen MR) is 90.8 cm³/mol. The Kier molecular flexibility index (Phi) is 4.07. The van der Waals surface area contributed by atoms with Gasteiger partial charge in [-0.15, -0.1) is 0 Å². The van der Waals surface area contributed by atoms with Crippen molar-refractivity contribution in [2.75, 3.05) is 12.8 Å². The van der Waals surface area contributed by atoms with Gasteiger partial charge >= 0.3 is 0 Å². The van der Waals surface area contributed by atoms with Gasteiger partial charge in [0.2, 0.25) is 0 Å². The number of nitrogens with zero attached hydrogens (tertiary/aromatic N) is 1. The molecule has 108 valence electrons. The molecule has 3 aromatic rings. The van der Waals surface area contributed by atoms with Gasteiger partial charge in [0, 0.05) is 22.0 Å². The zero-order valence-corrected chi connectivity index (χ0v) is 13.8. The summed E-state index contributed by atoms with van der Waals surface area (Å²) in [5.41, 5.74) is 9.61. The lowest BCUT2D eigenvalue weighted by Crippen LogP contribution is -1.88. The van der Waals surface area contributed by atoms with Gasteiger partial charge in [0.25, 0.3) is 0 Å². The maximum atomic E-state index is 5.75. The highest BCUT2D eigenvalue weighted by Crippen LogP contribution is 2.28. The van der Waals surface area contributed by atoms with E-state index < -0.39 is 0 Å². The Bertz CT molecular complexity index is 788. The van der Waals surface area contributed by atoms with Crippen LogP contribution in [-0.4, -0.2) is 17.1 Å². The van der Waals surface area contributed by atoms with Gasteiger partial charge in [-0.3, -0.25) is 0 Å². The number of fused-ring (bicyclic) bond motifs is 1. The van der Waals surface area contributed by atoms with E-state index in [1.807, 2.05) is 36.4 Å². The molecular weight excluding hydrogens is 350 g/mol. The standard InChI is InChI=1S/C15H14BrN3OS/c1-20-11-4-5-13-14(7-11)19-15(18-13)21-8-9-2-3-10(17)6-12(9)16/h2-7H,8,17H2,1H3,(H,18,19). The first-order chi connectivity index (χ1) is 10.2. The van der Waals surface area contributed by atoms with E-state index in [0.29, 0.717) is 0 Å². The molecule has 0 aliphatic heterocycles. The molecule has 0 atom stereocenters. The summed E-state index contributed by atoms with van der Waals surface area (Å²) in [6, 6.07) is 11.7. The van der Waals surface area contributed by atoms with Crippen molar-refractivity contribution >= 4 is 44.4 Å². The molecule has 1 aromatic heterocycles. The summed E-state index contributed by atoms with van der Waals surface area (Å²) in [5.74, 6) is 1.64. The first-order valence-corrected chi connectivity index (χ1v) is 8.14. The maximum absolute atomic E-state index is 5.75. The van der Waals surface area contributed by atoms with Crippen LogP contribution in [0.25, 0.3) is 11.0 Å². The molecule has 0 unspecified atom stereocenters. The van der Waals surface area contributed by atoms with Crippen LogP contribution < -0.4 is 10.5 Å². The lowest BCUT2D eigenvalue weighted by atomic mass is 10.2. The molecular formula is C15H14BrN3OS. The van der Waals surface area contributed by atoms with Gasteiger partial charge in [0.05, 0.1) is 18.1 Å². The van der Waals surface area contributed by atoms with Crippen molar-refractivity contribution < 1.29 is 4.74 Å². The van der Waals surface area contributed by atoms with Crippen LogP contribution in [0, 0.1) is 0 Å². The number of rotatable bonds is 4. The van der Waals surface area contributed by atoms with Crippen LogP contribution in [0.5, 0.6) is 5.75 Å². The van der Waals surface area contributed by atoms with Crippen LogP contribution in [-0.2, 0) is 5.75 Å². The number of nitrogen functional groups attached to an aromatic ring is 1. The Hall–Kier alpha value is -1.66. The Morgan fingerprint density at radius 3 is 2.90 bits per heavy atom. The number of ether oxygens (including phenoxy) is 1. The molecule has 21 heavy (non-hydrogen) atoms. The highest BCUT2D eigenvalue weighted by molar-refractivity contribution is 9.10. The molecule has 0 fully saturated rings. The number of hydrogen-bond acceptors (Lipinski definition) is 4. The molecule has 0 aliphatic rings. The SMILES string of the molecule is COc1ccc2nc(SCc3ccc(N)cc3Br)[nH]c2c1. The molecule has 0 radical (unpaired) electrons. The number of H-pyrrole nitrogens is 1. The number of imidazole rings is 1. The lowest BCUT2D eigenvalue weighted by molar-refractivity contribution is 0.415. The van der Waals surface area contributed by atoms with Crippen LogP contribution in [0.1, 0.15) is 5.56 Å². The van der Waals surface area contributed by atoms with Gasteiger partial charge in [-0.2, -0.15) is 0 Å². The van der Waals surface area contributed by atoms with Gasteiger partial charge in [-0.25, -0.2) is 4.98 Å². The number of nitrogens with two attached hydrogens (primary N) is 1. The van der Waals surface area contributed by atoms with Crippen molar-refractivity contribution in [3.63, 3.8) is 0 Å². The van der Waals surface area contributed by atoms with Crippen molar-refractivity contribution in [2.45, 2.75) is 10.9 Å². The zero-order chi connectivity index (χ0) is 14.8. The molecule has 0 saturated heterocycles. The number of aromatic amines is 1. The first kappa shape index (κ1) is 14.3. The van der Waals surface area contributed by atoms with E-state index in [2.05, 4.69) is 25.9 Å². The van der Waals surface area contributed by atoms with Crippen molar-refractivity contribution in [3.05, 3.63) is 46.4 Å². The van der Waals surface area contributed by atoms with Gasteiger partial charge in [-0.05, 0) is 29.8 Å². The summed E-state index contributed by atoms with van der Waals surface area (Å²) in [7, 11) is 1.66. The normalized spacial score (nSPS) is 11.0. The molecule has 0 amide bonds. The van der Waals surface area contributed by atoms with E-state index in [1.54, 1.807) is 18.9 Å². The highest BCUT2D eigenvalue weighted by atomic mass is 79.9. The minimum atomic E-state index is 0.756. The van der Waals surface area contributed by atoms with Crippen LogP contribution in [0.4, 0.5) is 5.69 Å². The van der Waals surface area contributed by atoms with E-state index in [1.165, 1.54) is 5.56 Å². The third kappa shape index (κ3) is 3.16. The number of thioether (sulfide) groups is 1. The van der Waals surface area contributed by atoms with Gasteiger partial charge in [-0.1, -0.05) is 33.8 Å². The van der Waals surface area contributed by atoms with Crippen LogP contribution in [0.15, 0.2) is 46.0 Å². The van der Waals surface area contributed by atoms with Crippen molar-refractivity contribution in [1.29, 1.82) is 0 Å². The minimum absolute atomic E-state index is 0.756. The third-order valence-electron chi connectivity index (χ3n) is 3.11. The Morgan fingerprint density at radius 2 is 2.14 bits per heavy atom. The molecule has 0 spiro atoms. The molecule has 1 heterocycles. The van der Waals surface area contributed by atoms with Crippen molar-refractivity contribution in [3.8, 4) is 5.75 Å². The van der Waals surface area contributed by atoms with E-state index in [9.17, 15) is 0 Å². The van der Waals surface area contributed by atoms with Crippen molar-refractivity contribution in [2.24, 2.45) is 0 Å². The fourth-order valence-electron chi connectivity index (χ4n) is 1.99. The van der Waals surface area contributed by atoms with Crippen molar-refractivity contribution in [1.82, 2.24) is 9.97 Å². The summed E-state index contributed by atoms with van der Waals surface area (Å²) in [4.78, 5) is 7.87. The Labute approximate surface area is 135 Å². The van der Waals surface area contributed by atoms with E-state index in [0.717, 1.165) is 37.9 Å². The molecule has 4 nitrogen and oxygen atoms in total. The number of anilines is 1. The fourth-order valence-corrected chi connectivity index (χ4v) is 3.60. The monoisotopic (exact) mass is 363 g/mol. The second-order valence-corrected chi connectivity index (χ2v) is 6.38. The average Bonchev–Trinajstić information content (AvgIpc) is 2.88. The molecule has 0 aliphatic carbocycles. The largest absolute Gasteiger partial charge is 0.497 e. The molecule has 0 saturated carbocycles. The number of halogens is 1. The van der Waals surface area contributed by atoms with Gasteiger partial charge in [0.1, 0.15) is 5.75 Å². The van der Waals surface area contributed by atoms with E-state index in [4.69, 9.17) is 10.5 Å². The Balaban J connectivity index is 1.78. The van der Waals surface area contributed by atoms with E-state index in [-0.39, 0.29) is 0 Å². The summed E-state index contributed by atoms with van der Waals surface area (Å²) < 4.78 is 6.24. The van der Waals surface area contributed by atoms with Gasteiger partial charge < -0.3 is 15.5 Å². The molecule has 6 heteroatoms. The summed E-state index contributed by atoms with van der Waals surface area (Å²) in [6.45, 7) is 0. The van der Waals surface area contributed by atoms with Crippen LogP contribution >= 0.6 is 27.7 Å². The smallest absolute Gasteiger partial charge is 0.166 e. The second kappa shape index (κ2) is 5.99. The van der Waals surface area contributed by atoms with E-state index >= 15 is 0 Å². The number of hydrogen-bond donors (Lipinski definition) is 2. The average molecular weight is 364 g/mol. The van der Waals surface area contributed by atoms with Crippen LogP contribution in [0.3, 0.4) is 0 Å². The fraction of sp³-hybridized carbons (Fsp3) is 0.133. The summed E-state index contributed by atoms with van der Waals surface area (Å²) >= 11 is 5.19. The number of benzene rings is 2. The quantitative estimate of drug-likeness (QED) is 0.538. The predicted octanol–water partition coefficient (Wildman–Crippen LogP) is 4.21. The first-order valence-electron chi connectivity index (χ1n) is 6.36. The molecule has 0 bridgehead atoms. The minimum Gasteiger partial charge on any atom is -0.497 e. The lowest BCUT2D eigenvalue weighted by Gasteiger charge is -2.03. The number of nitrogens with one attached hydrogen (secondary N) is 1. The summed E-state index contributed by atoms with van der Waals surface area (Å²) in [5, 5.41) is 0.891. The Morgan fingerprint density at radius 1 is 1.29 bits per heavy atom. The van der Waals surface area contributed by atoms with Gasteiger partial charge in [0.15, 0.2) is 5.16 Å². The highest BCUT2D eigenvalue weighted by Gasteiger charge is 2.07. The second-order valence-electron chi connectivity index (χ2n) is 4.56. The molecule has 3 N–H and O–H groups in total. The topological polar surface area (TPSA) is 63.9 Å². The number of aromatic nitrogens is 2. The summed E-state index contributed by atoms with van der Waals surface area (Å²) in [6.07, 6.45) is 0. The zero-order valence-electron chi connectivity index (χ0n) is 11.4. The molecule has 2 aromatic carbocycles. The molecule has 3 rings (SSSR count). The maximum Gasteiger partial charge on any atom is 0.166 e. The van der Waals surface area contributed by atoms with Crippen LogP contribution in [0.2, 0.25) is 0 Å².